The fourth-order valence-corrected chi connectivity index (χ4v) is 1.59. The molecule has 0 saturated carbocycles. The third kappa shape index (κ3) is 3.61. The van der Waals surface area contributed by atoms with Crippen LogP contribution in [-0.4, -0.2) is 23.9 Å². The molecule has 0 N–H and O–H groups in total. The number of carbonyl (C=O) groups is 1. The highest BCUT2D eigenvalue weighted by atomic mass is 19.1. The molecule has 2 nitrogen and oxygen atoms in total. The average Bonchev–Trinajstić information content (AvgIpc) is 2.26. The van der Waals surface area contributed by atoms with Crippen LogP contribution in [0.25, 0.3) is 0 Å². The van der Waals surface area contributed by atoms with E-state index < -0.39 is 11.7 Å². The molecule has 16 heavy (non-hydrogen) atoms. The molecular formula is C12H15F2NO. The quantitative estimate of drug-likeness (QED) is 0.707. The summed E-state index contributed by atoms with van der Waals surface area (Å²) in [6.45, 7) is 4.05. The van der Waals surface area contributed by atoms with E-state index in [-0.39, 0.29) is 18.9 Å². The molecule has 1 aliphatic rings. The molecule has 0 spiro atoms. The van der Waals surface area contributed by atoms with Gasteiger partial charge in [0.25, 0.3) is 0 Å². The van der Waals surface area contributed by atoms with Crippen molar-refractivity contribution < 1.29 is 13.6 Å². The predicted molar refractivity (Wildman–Crippen MR) is 58.9 cm³/mol. The summed E-state index contributed by atoms with van der Waals surface area (Å²) in [5.41, 5.74) is 0. The van der Waals surface area contributed by atoms with Crippen molar-refractivity contribution in [3.63, 3.8) is 0 Å². The second-order valence-corrected chi connectivity index (χ2v) is 3.72. The van der Waals surface area contributed by atoms with Crippen LogP contribution in [0, 0.1) is 5.92 Å². The first-order valence-corrected chi connectivity index (χ1v) is 5.20. The summed E-state index contributed by atoms with van der Waals surface area (Å²) >= 11 is 0. The van der Waals surface area contributed by atoms with Crippen LogP contribution in [0.2, 0.25) is 0 Å². The van der Waals surface area contributed by atoms with E-state index in [2.05, 4.69) is 6.58 Å². The molecule has 1 atom stereocenters. The van der Waals surface area contributed by atoms with Gasteiger partial charge in [0, 0.05) is 19.0 Å². The number of allylic oxidation sites excluding steroid dienone is 1. The van der Waals surface area contributed by atoms with Gasteiger partial charge in [-0.05, 0) is 18.9 Å². The Bertz CT molecular complexity index is 323. The molecule has 1 unspecified atom stereocenters. The van der Waals surface area contributed by atoms with E-state index in [1.807, 2.05) is 0 Å². The SMILES string of the molecule is C=C(F)C(C/C=C/F)CN1CCC=CC1=O. The number of rotatable bonds is 5. The minimum Gasteiger partial charge on any atom is -0.338 e. The Morgan fingerprint density at radius 1 is 1.69 bits per heavy atom. The molecule has 0 radical (unpaired) electrons. The Kier molecular flexibility index (Phi) is 4.89. The van der Waals surface area contributed by atoms with Crippen molar-refractivity contribution in [3.05, 3.63) is 37.0 Å². The van der Waals surface area contributed by atoms with Crippen molar-refractivity contribution in [2.24, 2.45) is 5.92 Å². The maximum Gasteiger partial charge on any atom is 0.246 e. The number of carbonyl (C=O) groups excluding carboxylic acids is 1. The van der Waals surface area contributed by atoms with Crippen LogP contribution in [0.4, 0.5) is 8.78 Å². The van der Waals surface area contributed by atoms with Crippen molar-refractivity contribution in [3.8, 4) is 0 Å². The van der Waals surface area contributed by atoms with Crippen LogP contribution in [0.15, 0.2) is 37.0 Å². The van der Waals surface area contributed by atoms with Crippen molar-refractivity contribution in [2.45, 2.75) is 12.8 Å². The van der Waals surface area contributed by atoms with Gasteiger partial charge in [-0.25, -0.2) is 8.78 Å². The molecule has 0 aromatic heterocycles. The topological polar surface area (TPSA) is 20.3 Å². The van der Waals surface area contributed by atoms with Gasteiger partial charge in [0.1, 0.15) is 0 Å². The molecule has 1 heterocycles. The highest BCUT2D eigenvalue weighted by Crippen LogP contribution is 2.18. The molecule has 4 heteroatoms. The molecule has 0 aliphatic carbocycles. The summed E-state index contributed by atoms with van der Waals surface area (Å²) in [4.78, 5) is 13.0. The van der Waals surface area contributed by atoms with Gasteiger partial charge < -0.3 is 4.90 Å². The predicted octanol–water partition coefficient (Wildman–Crippen LogP) is 2.75. The van der Waals surface area contributed by atoms with Crippen LogP contribution in [0.5, 0.6) is 0 Å². The van der Waals surface area contributed by atoms with Gasteiger partial charge >= 0.3 is 0 Å². The lowest BCUT2D eigenvalue weighted by Gasteiger charge is -2.27. The van der Waals surface area contributed by atoms with Crippen molar-refractivity contribution >= 4 is 5.91 Å². The molecular weight excluding hydrogens is 212 g/mol. The van der Waals surface area contributed by atoms with E-state index in [9.17, 15) is 13.6 Å². The Hall–Kier alpha value is -1.45. The fourth-order valence-electron chi connectivity index (χ4n) is 1.59. The van der Waals surface area contributed by atoms with Crippen LogP contribution >= 0.6 is 0 Å². The molecule has 1 rings (SSSR count). The van der Waals surface area contributed by atoms with Crippen LogP contribution < -0.4 is 0 Å². The first-order chi connectivity index (χ1) is 7.65. The minimum absolute atomic E-state index is 0.123. The molecule has 0 saturated heterocycles. The largest absolute Gasteiger partial charge is 0.338 e. The molecule has 1 amide bonds. The van der Waals surface area contributed by atoms with E-state index in [4.69, 9.17) is 0 Å². The number of amides is 1. The zero-order chi connectivity index (χ0) is 12.0. The smallest absolute Gasteiger partial charge is 0.246 e. The van der Waals surface area contributed by atoms with E-state index in [0.29, 0.717) is 12.9 Å². The molecule has 0 aromatic carbocycles. The maximum absolute atomic E-state index is 13.1. The first-order valence-electron chi connectivity index (χ1n) is 5.20. The third-order valence-corrected chi connectivity index (χ3v) is 2.53. The van der Waals surface area contributed by atoms with Gasteiger partial charge in [-0.2, -0.15) is 0 Å². The summed E-state index contributed by atoms with van der Waals surface area (Å²) in [6, 6.07) is 0. The van der Waals surface area contributed by atoms with Crippen LogP contribution in [-0.2, 0) is 4.79 Å². The molecule has 88 valence electrons. The van der Waals surface area contributed by atoms with E-state index in [0.717, 1.165) is 6.42 Å². The van der Waals surface area contributed by atoms with Gasteiger partial charge in [-0.15, -0.1) is 0 Å². The zero-order valence-electron chi connectivity index (χ0n) is 9.03. The van der Waals surface area contributed by atoms with Gasteiger partial charge in [-0.3, -0.25) is 4.79 Å². The summed E-state index contributed by atoms with van der Waals surface area (Å²) < 4.78 is 24.9. The standard InChI is InChI=1S/C12H15F2NO/c1-10(14)11(5-4-7-13)9-15-8-3-2-6-12(15)16/h2,4,6-7,11H,1,3,5,8-9H2/b7-4+. The Labute approximate surface area is 93.9 Å². The number of nitrogens with zero attached hydrogens (tertiary/aromatic N) is 1. The molecule has 0 bridgehead atoms. The van der Waals surface area contributed by atoms with Crippen LogP contribution in [0.3, 0.4) is 0 Å². The van der Waals surface area contributed by atoms with Crippen molar-refractivity contribution in [2.75, 3.05) is 13.1 Å². The second-order valence-electron chi connectivity index (χ2n) is 3.72. The normalized spacial score (nSPS) is 18.1. The minimum atomic E-state index is -0.526. The van der Waals surface area contributed by atoms with Crippen LogP contribution in [0.1, 0.15) is 12.8 Å². The lowest BCUT2D eigenvalue weighted by molar-refractivity contribution is -0.127. The Morgan fingerprint density at radius 2 is 2.44 bits per heavy atom. The van der Waals surface area contributed by atoms with Gasteiger partial charge in [-0.1, -0.05) is 18.7 Å². The number of hydrogen-bond acceptors (Lipinski definition) is 1. The average molecular weight is 227 g/mol. The summed E-state index contributed by atoms with van der Waals surface area (Å²) in [5.74, 6) is -1.16. The van der Waals surface area contributed by atoms with Gasteiger partial charge in [0.15, 0.2) is 0 Å². The zero-order valence-corrected chi connectivity index (χ0v) is 9.03. The van der Waals surface area contributed by atoms with Gasteiger partial charge in [0.05, 0.1) is 12.2 Å². The first kappa shape index (κ1) is 12.6. The lowest BCUT2D eigenvalue weighted by atomic mass is 10.0. The van der Waals surface area contributed by atoms with E-state index in [1.165, 1.54) is 12.2 Å². The number of hydrogen-bond donors (Lipinski definition) is 0. The summed E-state index contributed by atoms with van der Waals surface area (Å²) in [5, 5.41) is 0. The van der Waals surface area contributed by atoms with Gasteiger partial charge in [0.2, 0.25) is 5.91 Å². The highest BCUT2D eigenvalue weighted by molar-refractivity contribution is 5.88. The van der Waals surface area contributed by atoms with Crippen molar-refractivity contribution in [1.82, 2.24) is 4.90 Å². The fraction of sp³-hybridized carbons (Fsp3) is 0.417. The molecule has 1 aliphatic heterocycles. The van der Waals surface area contributed by atoms with E-state index >= 15 is 0 Å². The number of halogens is 2. The molecule has 0 fully saturated rings. The summed E-state index contributed by atoms with van der Waals surface area (Å²) in [6.07, 6.45) is 5.88. The Balaban J connectivity index is 2.57. The summed E-state index contributed by atoms with van der Waals surface area (Å²) in [7, 11) is 0. The monoisotopic (exact) mass is 227 g/mol. The Morgan fingerprint density at radius 3 is 3.00 bits per heavy atom. The highest BCUT2D eigenvalue weighted by Gasteiger charge is 2.20. The second kappa shape index (κ2) is 6.20. The van der Waals surface area contributed by atoms with E-state index in [1.54, 1.807) is 11.0 Å². The third-order valence-electron chi connectivity index (χ3n) is 2.53. The lowest BCUT2D eigenvalue weighted by Crippen LogP contribution is -2.36. The van der Waals surface area contributed by atoms with Crippen molar-refractivity contribution in [1.29, 1.82) is 0 Å². The maximum atomic E-state index is 13.1. The molecule has 0 aromatic rings.